The molecule has 0 heterocycles. The van der Waals surface area contributed by atoms with Gasteiger partial charge < -0.3 is 33.3 Å². The van der Waals surface area contributed by atoms with Crippen LogP contribution in [-0.4, -0.2) is 82.3 Å². The number of allylic oxidation sites excluding steroid dienone is 22. The van der Waals surface area contributed by atoms with Crippen LogP contribution < -0.4 is 5.11 Å². The summed E-state index contributed by atoms with van der Waals surface area (Å²) in [6.45, 7) is 4.65. The van der Waals surface area contributed by atoms with Gasteiger partial charge in [-0.1, -0.05) is 411 Å². The van der Waals surface area contributed by atoms with Crippen LogP contribution in [0.3, 0.4) is 0 Å². The quantitative estimate of drug-likeness (QED) is 0.0195. The van der Waals surface area contributed by atoms with Crippen LogP contribution in [0.15, 0.2) is 134 Å². The van der Waals surface area contributed by atoms with E-state index in [1.54, 1.807) is 0 Å². The van der Waals surface area contributed by atoms with E-state index in [1.165, 1.54) is 231 Å². The first-order valence-corrected chi connectivity index (χ1v) is 43.3. The summed E-state index contributed by atoms with van der Waals surface area (Å²) in [6.07, 6.45) is 118. The van der Waals surface area contributed by atoms with E-state index in [9.17, 15) is 19.5 Å². The lowest BCUT2D eigenvalue weighted by Crippen LogP contribution is -2.44. The van der Waals surface area contributed by atoms with E-state index in [0.717, 1.165) is 122 Å². The van der Waals surface area contributed by atoms with E-state index in [0.29, 0.717) is 17.4 Å². The Bertz CT molecular complexity index is 2170. The Labute approximate surface area is 637 Å². The van der Waals surface area contributed by atoms with E-state index in [-0.39, 0.29) is 38.6 Å². The van der Waals surface area contributed by atoms with Crippen molar-refractivity contribution in [3.8, 4) is 0 Å². The van der Waals surface area contributed by atoms with Crippen LogP contribution in [0, 0.1) is 0 Å². The summed E-state index contributed by atoms with van der Waals surface area (Å²) in [7, 11) is 5.93. The van der Waals surface area contributed by atoms with E-state index in [4.69, 9.17) is 18.9 Å². The molecule has 103 heavy (non-hydrogen) atoms. The van der Waals surface area contributed by atoms with Crippen molar-refractivity contribution in [2.75, 3.05) is 47.5 Å². The summed E-state index contributed by atoms with van der Waals surface area (Å²) in [5.41, 5.74) is 0. The number of esters is 2. The molecule has 0 radical (unpaired) electrons. The van der Waals surface area contributed by atoms with Crippen LogP contribution >= 0.6 is 0 Å². The van der Waals surface area contributed by atoms with E-state index < -0.39 is 24.3 Å². The summed E-state index contributed by atoms with van der Waals surface area (Å²) in [5.74, 6) is -2.30. The first-order chi connectivity index (χ1) is 50.6. The molecule has 0 rings (SSSR count). The molecule has 9 heteroatoms. The Morgan fingerprint density at radius 3 is 0.825 bits per heavy atom. The second-order valence-corrected chi connectivity index (χ2v) is 30.1. The van der Waals surface area contributed by atoms with Gasteiger partial charge in [-0.15, -0.1) is 0 Å². The minimum absolute atomic E-state index is 0.139. The number of carbonyl (C=O) groups excluding carboxylic acids is 3. The third-order valence-electron chi connectivity index (χ3n) is 18.9. The molecule has 0 bridgehead atoms. The molecule has 0 aliphatic carbocycles. The Balaban J connectivity index is 4.05. The van der Waals surface area contributed by atoms with Gasteiger partial charge in [0.05, 0.1) is 40.3 Å². The zero-order valence-electron chi connectivity index (χ0n) is 67.9. The SMILES string of the molecule is CC/C=C\C/C=C\C/C=C\C/C=C\C/C=C\C/C=C\C/C=C\C/C=C\C/C=C\C/C=C\C/C=C\CCCCCCCC(=O)OC(COC(=O)CCCCCCCCCCCCCCCCCCCCCCCCCCCCCCCCCCCCCCCCC)COC(OCC[N+](C)(C)C)C(=O)[O-]. The van der Waals surface area contributed by atoms with Gasteiger partial charge in [-0.25, -0.2) is 0 Å². The van der Waals surface area contributed by atoms with Crippen molar-refractivity contribution >= 4 is 17.9 Å². The van der Waals surface area contributed by atoms with Crippen LogP contribution in [-0.2, 0) is 33.3 Å². The zero-order valence-corrected chi connectivity index (χ0v) is 67.9. The second-order valence-electron chi connectivity index (χ2n) is 30.1. The minimum atomic E-state index is -1.64. The normalized spacial score (nSPS) is 13.3. The number of aliphatic carboxylic acids is 1. The van der Waals surface area contributed by atoms with Crippen LogP contribution in [0.25, 0.3) is 0 Å². The standard InChI is InChI=1S/C94H163NO8/c1-6-8-10-12-14-16-18-20-22-24-26-28-30-32-34-36-38-40-42-44-46-48-50-52-54-56-58-60-62-64-66-68-70-72-74-76-78-80-82-84-91(96)101-88-90(89-102-94(93(98)99)100-87-86-95(3,4)5)103-92(97)85-83-81-79-77-75-73-71-69-67-65-63-61-59-57-55-53-51-49-47-45-43-41-39-37-35-33-31-29-27-25-23-21-19-17-15-13-11-9-7-2/h9,11,15,17,21,23,27,29,33,35,39,41,45,47,51,53,57,59,63,65,69,71,90,94H,6-8,10,12-14,16,18-20,22,24-26,28,30-32,34,36-38,40,42-44,46,48-50,52,54-56,58,60-62,64,66-68,70,72-89H2,1-5H3/b11-9-,17-15-,23-21-,29-27-,35-33-,41-39-,47-45-,53-51-,59-57-,65-63-,71-69-. The average molecular weight is 1440 g/mol. The van der Waals surface area contributed by atoms with Crippen LogP contribution in [0.4, 0.5) is 0 Å². The van der Waals surface area contributed by atoms with Crippen LogP contribution in [0.1, 0.15) is 386 Å². The van der Waals surface area contributed by atoms with Gasteiger partial charge in [0.2, 0.25) is 0 Å². The maximum absolute atomic E-state index is 13.0. The smallest absolute Gasteiger partial charge is 0.306 e. The summed E-state index contributed by atoms with van der Waals surface area (Å²) in [4.78, 5) is 37.7. The molecule has 592 valence electrons. The van der Waals surface area contributed by atoms with Gasteiger partial charge in [-0.05, 0) is 96.3 Å². The molecule has 0 saturated heterocycles. The monoisotopic (exact) mass is 1430 g/mol. The fourth-order valence-corrected chi connectivity index (χ4v) is 12.4. The van der Waals surface area contributed by atoms with Crippen molar-refractivity contribution in [3.05, 3.63) is 134 Å². The van der Waals surface area contributed by atoms with Crippen molar-refractivity contribution in [1.82, 2.24) is 0 Å². The van der Waals surface area contributed by atoms with Crippen LogP contribution in [0.5, 0.6) is 0 Å². The number of carboxylic acid groups (broad SMARTS) is 1. The summed E-state index contributed by atoms with van der Waals surface area (Å²) in [5, 5.41) is 11.9. The van der Waals surface area contributed by atoms with Crippen molar-refractivity contribution in [2.24, 2.45) is 0 Å². The molecule has 0 amide bonds. The molecule has 2 atom stereocenters. The first-order valence-electron chi connectivity index (χ1n) is 43.3. The molecule has 9 nitrogen and oxygen atoms in total. The van der Waals surface area contributed by atoms with Gasteiger partial charge in [0.15, 0.2) is 12.4 Å². The predicted octanol–water partition coefficient (Wildman–Crippen LogP) is 27.0. The van der Waals surface area contributed by atoms with E-state index in [1.807, 2.05) is 21.1 Å². The molecule has 0 aromatic rings. The highest BCUT2D eigenvalue weighted by Gasteiger charge is 2.22. The molecule has 0 aromatic heterocycles. The van der Waals surface area contributed by atoms with Gasteiger partial charge in [-0.3, -0.25) is 9.59 Å². The lowest BCUT2D eigenvalue weighted by Gasteiger charge is -2.26. The third-order valence-corrected chi connectivity index (χ3v) is 18.9. The fraction of sp³-hybridized carbons (Fsp3) is 0.734. The number of carbonyl (C=O) groups is 3. The largest absolute Gasteiger partial charge is 0.545 e. The summed E-state index contributed by atoms with van der Waals surface area (Å²) >= 11 is 0. The first kappa shape index (κ1) is 98.4. The van der Waals surface area contributed by atoms with Gasteiger partial charge in [0.1, 0.15) is 13.2 Å². The lowest BCUT2D eigenvalue weighted by atomic mass is 10.0. The van der Waals surface area contributed by atoms with E-state index in [2.05, 4.69) is 148 Å². The second kappa shape index (κ2) is 83.1. The number of ether oxygens (including phenoxy) is 4. The molecule has 0 fully saturated rings. The molecular weight excluding hydrogens is 1270 g/mol. The molecule has 0 saturated carbocycles. The number of carboxylic acids is 1. The average Bonchev–Trinajstić information content (AvgIpc) is 0.985. The Hall–Kier alpha value is -4.57. The fourth-order valence-electron chi connectivity index (χ4n) is 12.4. The predicted molar refractivity (Wildman–Crippen MR) is 444 cm³/mol. The molecule has 2 unspecified atom stereocenters. The summed E-state index contributed by atoms with van der Waals surface area (Å²) < 4.78 is 22.9. The molecular formula is C94H163NO8. The van der Waals surface area contributed by atoms with Crippen molar-refractivity contribution < 1.29 is 42.9 Å². The number of likely N-dealkylation sites (N-methyl/N-ethyl adjacent to an activating group) is 1. The summed E-state index contributed by atoms with van der Waals surface area (Å²) in [6, 6.07) is 0. The minimum Gasteiger partial charge on any atom is -0.545 e. The molecule has 0 N–H and O–H groups in total. The number of hydrogen-bond acceptors (Lipinski definition) is 8. The zero-order chi connectivity index (χ0) is 74.6. The van der Waals surface area contributed by atoms with Crippen molar-refractivity contribution in [3.63, 3.8) is 0 Å². The molecule has 0 spiro atoms. The van der Waals surface area contributed by atoms with Gasteiger partial charge in [-0.2, -0.15) is 0 Å². The number of rotatable bonds is 80. The van der Waals surface area contributed by atoms with Gasteiger partial charge in [0.25, 0.3) is 0 Å². The van der Waals surface area contributed by atoms with Gasteiger partial charge >= 0.3 is 11.9 Å². The Morgan fingerprint density at radius 2 is 0.553 bits per heavy atom. The number of unbranched alkanes of at least 4 members (excludes halogenated alkanes) is 43. The Morgan fingerprint density at radius 1 is 0.301 bits per heavy atom. The molecule has 0 aliphatic heterocycles. The van der Waals surface area contributed by atoms with Crippen molar-refractivity contribution in [1.29, 1.82) is 0 Å². The molecule has 0 aromatic carbocycles. The van der Waals surface area contributed by atoms with Crippen molar-refractivity contribution in [2.45, 2.75) is 399 Å². The number of hydrogen-bond donors (Lipinski definition) is 0. The van der Waals surface area contributed by atoms with Gasteiger partial charge in [0, 0.05) is 12.8 Å². The highest BCUT2D eigenvalue weighted by atomic mass is 16.7. The Kier molecular flexibility index (Phi) is 79.4. The third kappa shape index (κ3) is 84.6. The lowest BCUT2D eigenvalue weighted by molar-refractivity contribution is -0.870. The van der Waals surface area contributed by atoms with Crippen LogP contribution in [0.2, 0.25) is 0 Å². The van der Waals surface area contributed by atoms with E-state index >= 15 is 0 Å². The highest BCUT2D eigenvalue weighted by molar-refractivity contribution is 5.70. The molecule has 0 aliphatic rings. The highest BCUT2D eigenvalue weighted by Crippen LogP contribution is 2.20. The maximum atomic E-state index is 13.0. The maximum Gasteiger partial charge on any atom is 0.306 e. The number of quaternary nitrogens is 1. The topological polar surface area (TPSA) is 111 Å². The number of nitrogens with zero attached hydrogens (tertiary/aromatic N) is 1.